The fraction of sp³-hybridized carbons (Fsp3) is 0.316. The quantitative estimate of drug-likeness (QED) is 0.453. The first-order chi connectivity index (χ1) is 12.2. The molecule has 0 aliphatic heterocycles. The van der Waals surface area contributed by atoms with Crippen LogP contribution in [0.1, 0.15) is 5.56 Å². The van der Waals surface area contributed by atoms with Gasteiger partial charge in [-0.2, -0.15) is 0 Å². The lowest BCUT2D eigenvalue weighted by Gasteiger charge is -2.14. The fourth-order valence-electron chi connectivity index (χ4n) is 2.15. The third-order valence-corrected chi connectivity index (χ3v) is 3.47. The number of aliphatic hydroxyl groups is 1. The lowest BCUT2D eigenvalue weighted by atomic mass is 10.2. The number of phenols is 1. The van der Waals surface area contributed by atoms with Gasteiger partial charge in [-0.1, -0.05) is 24.3 Å². The number of nitrogens with one attached hydrogen (secondary N) is 1. The number of rotatable bonds is 10. The second kappa shape index (κ2) is 10.3. The molecule has 0 fully saturated rings. The van der Waals surface area contributed by atoms with Crippen LogP contribution in [0.15, 0.2) is 53.5 Å². The highest BCUT2D eigenvalue weighted by Crippen LogP contribution is 2.25. The lowest BCUT2D eigenvalue weighted by Crippen LogP contribution is -2.32. The third kappa shape index (κ3) is 6.45. The van der Waals surface area contributed by atoms with E-state index in [-0.39, 0.29) is 12.4 Å². The minimum Gasteiger partial charge on any atom is -0.507 e. The molecule has 0 aliphatic carbocycles. The van der Waals surface area contributed by atoms with E-state index in [9.17, 15) is 10.2 Å². The summed E-state index contributed by atoms with van der Waals surface area (Å²) in [6.45, 7) is 1.75. The van der Waals surface area contributed by atoms with Gasteiger partial charge in [0.15, 0.2) is 11.5 Å². The number of methoxy groups -OCH3 is 1. The van der Waals surface area contributed by atoms with Gasteiger partial charge in [-0.15, -0.1) is 0 Å². The molecule has 0 spiro atoms. The first kappa shape index (κ1) is 18.8. The molecule has 1 unspecified atom stereocenters. The van der Waals surface area contributed by atoms with Gasteiger partial charge in [-0.05, 0) is 24.3 Å². The second-order valence-corrected chi connectivity index (χ2v) is 5.41. The molecule has 0 radical (unpaired) electrons. The summed E-state index contributed by atoms with van der Waals surface area (Å²) in [5.41, 5.74) is 0.688. The molecule has 0 aromatic heterocycles. The zero-order chi connectivity index (χ0) is 17.9. The van der Waals surface area contributed by atoms with Gasteiger partial charge in [0.1, 0.15) is 18.5 Å². The van der Waals surface area contributed by atoms with Crippen molar-refractivity contribution in [3.63, 3.8) is 0 Å². The monoisotopic (exact) mass is 344 g/mol. The predicted octanol–water partition coefficient (Wildman–Crippen LogP) is 1.85. The molecule has 25 heavy (non-hydrogen) atoms. The number of aromatic hydroxyl groups is 1. The second-order valence-electron chi connectivity index (χ2n) is 5.41. The van der Waals surface area contributed by atoms with Crippen LogP contribution in [0.5, 0.6) is 17.2 Å². The smallest absolute Gasteiger partial charge is 0.161 e. The Balaban J connectivity index is 1.62. The number of aliphatic imine (C=N–C) groups is 1. The Morgan fingerprint density at radius 3 is 2.60 bits per heavy atom. The van der Waals surface area contributed by atoms with Crippen LogP contribution in [0.2, 0.25) is 0 Å². The van der Waals surface area contributed by atoms with Gasteiger partial charge in [0.2, 0.25) is 0 Å². The molecule has 1 atom stereocenters. The molecule has 6 heteroatoms. The molecule has 6 nitrogen and oxygen atoms in total. The fourth-order valence-corrected chi connectivity index (χ4v) is 2.15. The number of phenolic OH excluding ortho intramolecular Hbond substituents is 1. The highest BCUT2D eigenvalue weighted by molar-refractivity contribution is 5.83. The summed E-state index contributed by atoms with van der Waals surface area (Å²) >= 11 is 0. The van der Waals surface area contributed by atoms with E-state index in [0.717, 1.165) is 0 Å². The Kier molecular flexibility index (Phi) is 7.75. The number of ether oxygens (including phenoxy) is 2. The first-order valence-electron chi connectivity index (χ1n) is 8.13. The van der Waals surface area contributed by atoms with E-state index in [2.05, 4.69) is 10.3 Å². The number of benzene rings is 2. The van der Waals surface area contributed by atoms with Crippen LogP contribution >= 0.6 is 0 Å². The topological polar surface area (TPSA) is 83.3 Å². The highest BCUT2D eigenvalue weighted by atomic mass is 16.5. The largest absolute Gasteiger partial charge is 0.507 e. The van der Waals surface area contributed by atoms with E-state index in [1.165, 1.54) is 0 Å². The molecule has 0 bridgehead atoms. The van der Waals surface area contributed by atoms with Crippen LogP contribution in [0, 0.1) is 0 Å². The zero-order valence-corrected chi connectivity index (χ0v) is 14.3. The first-order valence-corrected chi connectivity index (χ1v) is 8.13. The Morgan fingerprint density at radius 1 is 1.12 bits per heavy atom. The molecule has 2 rings (SSSR count). The maximum absolute atomic E-state index is 9.95. The maximum atomic E-state index is 9.95. The van der Waals surface area contributed by atoms with Crippen molar-refractivity contribution in [1.82, 2.24) is 5.32 Å². The minimum absolute atomic E-state index is 0.175. The van der Waals surface area contributed by atoms with Crippen LogP contribution in [-0.2, 0) is 0 Å². The Bertz CT molecular complexity index is 676. The van der Waals surface area contributed by atoms with Crippen LogP contribution in [0.3, 0.4) is 0 Å². The average Bonchev–Trinajstić information content (AvgIpc) is 2.64. The zero-order valence-electron chi connectivity index (χ0n) is 14.3. The van der Waals surface area contributed by atoms with Gasteiger partial charge in [0.25, 0.3) is 0 Å². The number of para-hydroxylation sites is 3. The third-order valence-electron chi connectivity index (χ3n) is 3.47. The minimum atomic E-state index is -0.632. The van der Waals surface area contributed by atoms with Gasteiger partial charge in [-0.3, -0.25) is 4.99 Å². The molecule has 134 valence electrons. The number of aliphatic hydroxyl groups excluding tert-OH is 1. The van der Waals surface area contributed by atoms with E-state index in [1.54, 1.807) is 37.6 Å². The van der Waals surface area contributed by atoms with Crippen molar-refractivity contribution >= 4 is 6.21 Å². The summed E-state index contributed by atoms with van der Waals surface area (Å²) in [5, 5.41) is 22.7. The summed E-state index contributed by atoms with van der Waals surface area (Å²) in [6, 6.07) is 14.3. The molecular formula is C19H24N2O4. The Labute approximate surface area is 147 Å². The van der Waals surface area contributed by atoms with Crippen molar-refractivity contribution in [2.75, 3.05) is 33.4 Å². The maximum Gasteiger partial charge on any atom is 0.161 e. The van der Waals surface area contributed by atoms with Gasteiger partial charge in [0.05, 0.1) is 13.7 Å². The van der Waals surface area contributed by atoms with Crippen molar-refractivity contribution in [1.29, 1.82) is 0 Å². The molecule has 0 saturated heterocycles. The molecule has 0 amide bonds. The van der Waals surface area contributed by atoms with Gasteiger partial charge >= 0.3 is 0 Å². The summed E-state index contributed by atoms with van der Waals surface area (Å²) in [5.74, 6) is 1.46. The van der Waals surface area contributed by atoms with Crippen LogP contribution in [0.4, 0.5) is 0 Å². The van der Waals surface area contributed by atoms with Crippen molar-refractivity contribution in [2.24, 2.45) is 4.99 Å². The van der Waals surface area contributed by atoms with Gasteiger partial charge in [0, 0.05) is 24.9 Å². The summed E-state index contributed by atoms with van der Waals surface area (Å²) in [4.78, 5) is 4.24. The summed E-state index contributed by atoms with van der Waals surface area (Å²) in [6.07, 6.45) is 1.00. The van der Waals surface area contributed by atoms with E-state index in [1.807, 2.05) is 24.3 Å². The summed E-state index contributed by atoms with van der Waals surface area (Å²) < 4.78 is 10.8. The van der Waals surface area contributed by atoms with Crippen LogP contribution in [-0.4, -0.2) is 55.9 Å². The Hall–Kier alpha value is -2.57. The molecule has 0 saturated carbocycles. The van der Waals surface area contributed by atoms with Crippen molar-refractivity contribution in [3.05, 3.63) is 54.1 Å². The van der Waals surface area contributed by atoms with Crippen molar-refractivity contribution in [3.8, 4) is 17.2 Å². The lowest BCUT2D eigenvalue weighted by molar-refractivity contribution is 0.105. The molecule has 0 aliphatic rings. The SMILES string of the molecule is COc1ccccc1OCC(O)CNCCN=Cc1ccccc1O. The molecule has 2 aromatic carbocycles. The highest BCUT2D eigenvalue weighted by Gasteiger charge is 2.07. The number of nitrogens with zero attached hydrogens (tertiary/aromatic N) is 1. The number of hydrogen-bond acceptors (Lipinski definition) is 6. The molecule has 2 aromatic rings. The summed E-state index contributed by atoms with van der Waals surface area (Å²) in [7, 11) is 1.58. The molecule has 3 N–H and O–H groups in total. The van der Waals surface area contributed by atoms with Crippen molar-refractivity contribution < 1.29 is 19.7 Å². The van der Waals surface area contributed by atoms with Crippen LogP contribution < -0.4 is 14.8 Å². The normalized spacial score (nSPS) is 12.2. The molecule has 0 heterocycles. The predicted molar refractivity (Wildman–Crippen MR) is 97.9 cm³/mol. The van der Waals surface area contributed by atoms with Crippen molar-refractivity contribution in [2.45, 2.75) is 6.10 Å². The van der Waals surface area contributed by atoms with Gasteiger partial charge < -0.3 is 25.0 Å². The Morgan fingerprint density at radius 2 is 1.84 bits per heavy atom. The standard InChI is InChI=1S/C19H24N2O4/c1-24-18-8-4-5-9-19(18)25-14-16(22)13-21-11-10-20-12-15-6-2-3-7-17(15)23/h2-9,12,16,21-23H,10-11,13-14H2,1H3. The van der Waals surface area contributed by atoms with E-state index in [0.29, 0.717) is 36.7 Å². The average molecular weight is 344 g/mol. The van der Waals surface area contributed by atoms with Gasteiger partial charge in [-0.25, -0.2) is 0 Å². The van der Waals surface area contributed by atoms with Crippen LogP contribution in [0.25, 0.3) is 0 Å². The van der Waals surface area contributed by atoms with E-state index in [4.69, 9.17) is 9.47 Å². The van der Waals surface area contributed by atoms with E-state index < -0.39 is 6.10 Å². The number of hydrogen-bond donors (Lipinski definition) is 3. The molecular weight excluding hydrogens is 320 g/mol. The van der Waals surface area contributed by atoms with E-state index >= 15 is 0 Å².